The molecule has 294 valence electrons. The topological polar surface area (TPSA) is 30.9 Å². The Hall–Kier alpha value is -2.92. The summed E-state index contributed by atoms with van der Waals surface area (Å²) in [5.41, 5.74) is 7.75. The number of likely N-dealkylation sites (N-methyl/N-ethyl adjacent to an activating group) is 1. The average Bonchev–Trinajstić information content (AvgIpc) is 3.91. The van der Waals surface area contributed by atoms with Gasteiger partial charge in [0.25, 0.3) is 0 Å². The van der Waals surface area contributed by atoms with Crippen LogP contribution < -0.4 is 5.32 Å². The Balaban J connectivity index is 0.000000255. The number of aliphatic imine (C=N–C) groups is 1. The number of hydrogen-bond acceptors (Lipinski definition) is 3. The van der Waals surface area contributed by atoms with Crippen LogP contribution in [0.15, 0.2) is 58.8 Å². The molecule has 3 atom stereocenters. The molecule has 0 spiro atoms. The minimum absolute atomic E-state index is 0.152. The second kappa shape index (κ2) is 20.7. The molecule has 0 radical (unpaired) electrons. The van der Waals surface area contributed by atoms with Crippen LogP contribution in [-0.4, -0.2) is 62.5 Å². The number of aryl methyl sites for hydroxylation is 1. The molecular weight excluding hydrogens is 652 g/mol. The van der Waals surface area contributed by atoms with Gasteiger partial charge in [-0.3, -0.25) is 4.99 Å². The van der Waals surface area contributed by atoms with Crippen molar-refractivity contribution in [2.24, 2.45) is 16.3 Å². The van der Waals surface area contributed by atoms with Crippen molar-refractivity contribution in [2.75, 3.05) is 40.8 Å². The quantitative estimate of drug-likeness (QED) is 0.237. The van der Waals surface area contributed by atoms with E-state index in [-0.39, 0.29) is 5.82 Å². The number of nitrogens with zero attached hydrogens (tertiary/aromatic N) is 3. The zero-order valence-electron chi connectivity index (χ0n) is 35.4. The van der Waals surface area contributed by atoms with Gasteiger partial charge in [0.2, 0.25) is 0 Å². The Morgan fingerprint density at radius 3 is 2.32 bits per heavy atom. The predicted molar refractivity (Wildman–Crippen MR) is 230 cm³/mol. The van der Waals surface area contributed by atoms with E-state index in [1.165, 1.54) is 103 Å². The largest absolute Gasteiger partial charge is 0.387 e. The molecule has 4 fully saturated rings. The van der Waals surface area contributed by atoms with Crippen LogP contribution >= 0.6 is 0 Å². The second-order valence-electron chi connectivity index (χ2n) is 16.2. The van der Waals surface area contributed by atoms with Crippen LogP contribution in [0.3, 0.4) is 0 Å². The van der Waals surface area contributed by atoms with Crippen molar-refractivity contribution < 1.29 is 4.39 Å². The number of likely N-dealkylation sites (tertiary alicyclic amines) is 2. The highest BCUT2D eigenvalue weighted by Crippen LogP contribution is 2.50. The lowest BCUT2D eigenvalue weighted by molar-refractivity contribution is 0.0481. The lowest BCUT2D eigenvalue weighted by atomic mass is 9.72. The summed E-state index contributed by atoms with van der Waals surface area (Å²) in [5, 5.41) is 5.53. The molecular formula is C48H75FN4. The Morgan fingerprint density at radius 1 is 1.00 bits per heavy atom. The van der Waals surface area contributed by atoms with Crippen LogP contribution in [0.25, 0.3) is 16.3 Å². The van der Waals surface area contributed by atoms with E-state index in [9.17, 15) is 0 Å². The van der Waals surface area contributed by atoms with Crippen molar-refractivity contribution in [2.45, 2.75) is 150 Å². The molecule has 2 saturated carbocycles. The highest BCUT2D eigenvalue weighted by molar-refractivity contribution is 6.06. The number of allylic oxidation sites excluding steroid dienone is 3. The van der Waals surface area contributed by atoms with Gasteiger partial charge < -0.3 is 15.1 Å². The SMILES string of the molecule is C1CCCC1.C=C1/C(=C(NC)\C(=C/C)C(=NC)N2CCCC(CC)C2)Cc2c(F)ccc3cc(C)cc1c23.CC.CCCC12CCCC1N(C)CCC2. The van der Waals surface area contributed by atoms with Crippen LogP contribution in [-0.2, 0) is 6.42 Å². The molecule has 3 aliphatic carbocycles. The first kappa shape index (κ1) is 42.8. The average molecular weight is 727 g/mol. The van der Waals surface area contributed by atoms with Crippen LogP contribution in [0, 0.1) is 24.1 Å². The molecule has 2 saturated heterocycles. The standard InChI is InChI=1S/C29H36FN3.C12H23N.C5H10.C2H6/c1-7-20-10-9-13-33(17-20)29(32-6)22(8-2)28(31-5)24-16-25-26(30)12-11-21-14-18(3)15-23(19(24)4)27(21)25;1-3-7-12-8-4-6-11(12)13(2)10-5-9-12;1-2-4-5-3-1;1-2/h8,11-12,14-15,20,31H,4,7,9-10,13,16-17H2,1-3,5-6H3;11H,3-10H2,1-2H3;1-5H2;1-2H3/b22-8+,28-24+,32-29?;;;. The minimum atomic E-state index is -0.152. The Kier molecular flexibility index (Phi) is 16.7. The van der Waals surface area contributed by atoms with Crippen LogP contribution in [0.1, 0.15) is 148 Å². The summed E-state index contributed by atoms with van der Waals surface area (Å²) in [4.78, 5) is 9.81. The third-order valence-corrected chi connectivity index (χ3v) is 12.9. The molecule has 53 heavy (non-hydrogen) atoms. The molecule has 1 N–H and O–H groups in total. The van der Waals surface area contributed by atoms with Crippen LogP contribution in [0.5, 0.6) is 0 Å². The molecule has 4 nitrogen and oxygen atoms in total. The first-order valence-corrected chi connectivity index (χ1v) is 21.6. The summed E-state index contributed by atoms with van der Waals surface area (Å²) in [6.45, 7) is 20.7. The summed E-state index contributed by atoms with van der Waals surface area (Å²) >= 11 is 0. The van der Waals surface area contributed by atoms with Gasteiger partial charge in [-0.05, 0) is 123 Å². The number of fused-ring (bicyclic) bond motifs is 1. The fraction of sp³-hybridized carbons (Fsp3) is 0.646. The number of amidine groups is 1. The first-order valence-electron chi connectivity index (χ1n) is 21.6. The molecule has 2 aromatic rings. The van der Waals surface area contributed by atoms with Crippen molar-refractivity contribution in [3.8, 4) is 0 Å². The zero-order chi connectivity index (χ0) is 38.5. The summed E-state index contributed by atoms with van der Waals surface area (Å²) < 4.78 is 15.1. The minimum Gasteiger partial charge on any atom is -0.387 e. The fourth-order valence-electron chi connectivity index (χ4n) is 10.4. The van der Waals surface area contributed by atoms with Gasteiger partial charge in [0.15, 0.2) is 0 Å². The summed E-state index contributed by atoms with van der Waals surface area (Å²) in [7, 11) is 6.15. The fourth-order valence-corrected chi connectivity index (χ4v) is 10.4. The zero-order valence-corrected chi connectivity index (χ0v) is 35.4. The molecule has 3 unspecified atom stereocenters. The van der Waals surface area contributed by atoms with Crippen molar-refractivity contribution in [3.05, 3.63) is 76.3 Å². The molecule has 2 heterocycles. The maximum Gasteiger partial charge on any atom is 0.132 e. The molecule has 5 aliphatic rings. The Labute approximate surface area is 324 Å². The third-order valence-electron chi connectivity index (χ3n) is 12.9. The van der Waals surface area contributed by atoms with E-state index >= 15 is 4.39 Å². The number of benzene rings is 2. The smallest absolute Gasteiger partial charge is 0.132 e. The van der Waals surface area contributed by atoms with E-state index in [0.29, 0.717) is 12.3 Å². The molecule has 0 aromatic heterocycles. The molecule has 2 aromatic carbocycles. The number of hydrogen-bond donors (Lipinski definition) is 1. The molecule has 0 bridgehead atoms. The normalized spacial score (nSPS) is 25.4. The van der Waals surface area contributed by atoms with Gasteiger partial charge in [0, 0.05) is 56.5 Å². The van der Waals surface area contributed by atoms with Gasteiger partial charge in [0.05, 0.1) is 0 Å². The van der Waals surface area contributed by atoms with E-state index in [0.717, 1.165) is 80.3 Å². The van der Waals surface area contributed by atoms with Gasteiger partial charge in [-0.1, -0.05) is 110 Å². The van der Waals surface area contributed by atoms with E-state index in [1.54, 1.807) is 6.07 Å². The van der Waals surface area contributed by atoms with Crippen LogP contribution in [0.4, 0.5) is 4.39 Å². The van der Waals surface area contributed by atoms with Gasteiger partial charge in [-0.2, -0.15) is 0 Å². The van der Waals surface area contributed by atoms with Crippen molar-refractivity contribution in [3.63, 3.8) is 0 Å². The molecule has 7 rings (SSSR count). The third kappa shape index (κ3) is 9.85. The number of piperidine rings is 2. The summed E-state index contributed by atoms with van der Waals surface area (Å²) in [6, 6.07) is 8.68. The number of rotatable bonds is 6. The van der Waals surface area contributed by atoms with E-state index in [1.807, 2.05) is 34.0 Å². The second-order valence-corrected chi connectivity index (χ2v) is 16.2. The highest BCUT2D eigenvalue weighted by atomic mass is 19.1. The summed E-state index contributed by atoms with van der Waals surface area (Å²) in [5.74, 6) is 1.56. The van der Waals surface area contributed by atoms with Gasteiger partial charge in [-0.15, -0.1) is 0 Å². The molecule has 5 heteroatoms. The van der Waals surface area contributed by atoms with E-state index < -0.39 is 0 Å². The predicted octanol–water partition coefficient (Wildman–Crippen LogP) is 12.5. The lowest BCUT2D eigenvalue weighted by Crippen LogP contribution is -2.47. The van der Waals surface area contributed by atoms with Crippen molar-refractivity contribution in [1.82, 2.24) is 15.1 Å². The molecule has 0 amide bonds. The maximum absolute atomic E-state index is 15.1. The van der Waals surface area contributed by atoms with Crippen molar-refractivity contribution in [1.29, 1.82) is 0 Å². The van der Waals surface area contributed by atoms with Gasteiger partial charge in [0.1, 0.15) is 11.7 Å². The number of nitrogens with one attached hydrogen (secondary N) is 1. The van der Waals surface area contributed by atoms with Crippen molar-refractivity contribution >= 4 is 22.2 Å². The lowest BCUT2D eigenvalue weighted by Gasteiger charge is -2.45. The van der Waals surface area contributed by atoms with E-state index in [4.69, 9.17) is 4.99 Å². The van der Waals surface area contributed by atoms with Gasteiger partial charge in [-0.25, -0.2) is 4.39 Å². The first-order chi connectivity index (χ1) is 25.7. The van der Waals surface area contributed by atoms with Crippen LogP contribution in [0.2, 0.25) is 0 Å². The molecule has 2 aliphatic heterocycles. The Bertz CT molecular complexity index is 1580. The Morgan fingerprint density at radius 2 is 1.70 bits per heavy atom. The highest BCUT2D eigenvalue weighted by Gasteiger charge is 2.45. The van der Waals surface area contributed by atoms with E-state index in [2.05, 4.69) is 74.6 Å². The van der Waals surface area contributed by atoms with Gasteiger partial charge >= 0.3 is 0 Å². The summed E-state index contributed by atoms with van der Waals surface area (Å²) in [6.07, 6.45) is 24.1. The monoisotopic (exact) mass is 727 g/mol. The number of halogens is 1. The maximum atomic E-state index is 15.1.